The molecule has 1 amide bonds. The highest BCUT2D eigenvalue weighted by atomic mass is 16.5. The maximum absolute atomic E-state index is 13.3. The molecule has 0 N–H and O–H groups in total. The minimum atomic E-state index is 0.0577. The number of aryl methyl sites for hydroxylation is 1. The summed E-state index contributed by atoms with van der Waals surface area (Å²) in [5, 5.41) is 0.961. The van der Waals surface area contributed by atoms with Crippen LogP contribution in [0.4, 0.5) is 0 Å². The maximum Gasteiger partial charge on any atom is 0.224 e. The van der Waals surface area contributed by atoms with E-state index in [4.69, 9.17) is 4.74 Å². The van der Waals surface area contributed by atoms with Crippen LogP contribution in [0.2, 0.25) is 0 Å². The quantitative estimate of drug-likeness (QED) is 0.555. The first-order valence-corrected chi connectivity index (χ1v) is 12.2. The lowest BCUT2D eigenvalue weighted by molar-refractivity contribution is -0.133. The van der Waals surface area contributed by atoms with Gasteiger partial charge in [0.1, 0.15) is 0 Å². The van der Waals surface area contributed by atoms with Crippen LogP contribution < -0.4 is 0 Å². The fourth-order valence-electron chi connectivity index (χ4n) is 5.68. The maximum atomic E-state index is 13.3. The Hall–Kier alpha value is -2.18. The van der Waals surface area contributed by atoms with Gasteiger partial charge in [0.05, 0.1) is 6.61 Å². The zero-order chi connectivity index (χ0) is 22.5. The van der Waals surface area contributed by atoms with Gasteiger partial charge in [0.2, 0.25) is 5.91 Å². The minimum Gasteiger partial charge on any atom is -0.383 e. The SMILES string of the molecule is COCCN(C[C@@H]1CCCN2CCCC[C@H]12)C(=O)CCn1cc(C(C)=O)c2ccccc21. The van der Waals surface area contributed by atoms with E-state index in [1.54, 1.807) is 14.0 Å². The summed E-state index contributed by atoms with van der Waals surface area (Å²) in [4.78, 5) is 30.1. The molecular formula is C26H37N3O3. The monoisotopic (exact) mass is 439 g/mol. The lowest BCUT2D eigenvalue weighted by atomic mass is 9.83. The summed E-state index contributed by atoms with van der Waals surface area (Å²) in [6.07, 6.45) is 8.66. The van der Waals surface area contributed by atoms with Crippen LogP contribution in [0.25, 0.3) is 10.9 Å². The molecule has 174 valence electrons. The molecule has 0 unspecified atom stereocenters. The van der Waals surface area contributed by atoms with Gasteiger partial charge in [-0.25, -0.2) is 0 Å². The van der Waals surface area contributed by atoms with Gasteiger partial charge in [0.15, 0.2) is 5.78 Å². The van der Waals surface area contributed by atoms with Crippen molar-refractivity contribution in [2.75, 3.05) is 39.9 Å². The van der Waals surface area contributed by atoms with Gasteiger partial charge in [-0.15, -0.1) is 0 Å². The van der Waals surface area contributed by atoms with Crippen LogP contribution >= 0.6 is 0 Å². The van der Waals surface area contributed by atoms with E-state index in [1.165, 1.54) is 45.2 Å². The molecule has 4 rings (SSSR count). The summed E-state index contributed by atoms with van der Waals surface area (Å²) in [5.74, 6) is 0.793. The number of para-hydroxylation sites is 1. The summed E-state index contributed by atoms with van der Waals surface area (Å²) in [5.41, 5.74) is 1.74. The van der Waals surface area contributed by atoms with Crippen LogP contribution in [0.15, 0.2) is 30.5 Å². The van der Waals surface area contributed by atoms with Crippen molar-refractivity contribution in [2.45, 2.75) is 58.0 Å². The number of carbonyl (C=O) groups is 2. The number of ether oxygens (including phenoxy) is 1. The van der Waals surface area contributed by atoms with Gasteiger partial charge in [-0.1, -0.05) is 24.6 Å². The second-order valence-electron chi connectivity index (χ2n) is 9.39. The Bertz CT molecular complexity index is 936. The molecule has 1 aromatic carbocycles. The Morgan fingerprint density at radius 1 is 1.12 bits per heavy atom. The Balaban J connectivity index is 1.44. The lowest BCUT2D eigenvalue weighted by Crippen LogP contribution is -2.52. The second kappa shape index (κ2) is 10.6. The van der Waals surface area contributed by atoms with Crippen LogP contribution in [0.5, 0.6) is 0 Å². The van der Waals surface area contributed by atoms with Gasteiger partial charge in [-0.05, 0) is 57.7 Å². The molecule has 2 aromatic rings. The number of amides is 1. The van der Waals surface area contributed by atoms with Crippen LogP contribution in [0.1, 0.15) is 55.8 Å². The zero-order valence-electron chi connectivity index (χ0n) is 19.6. The molecule has 2 saturated heterocycles. The Morgan fingerprint density at radius 3 is 2.75 bits per heavy atom. The van der Waals surface area contributed by atoms with Crippen molar-refractivity contribution in [3.05, 3.63) is 36.0 Å². The zero-order valence-corrected chi connectivity index (χ0v) is 19.6. The van der Waals surface area contributed by atoms with Crippen molar-refractivity contribution < 1.29 is 14.3 Å². The number of methoxy groups -OCH3 is 1. The smallest absolute Gasteiger partial charge is 0.224 e. The van der Waals surface area contributed by atoms with E-state index in [0.717, 1.165) is 23.0 Å². The summed E-state index contributed by atoms with van der Waals surface area (Å²) < 4.78 is 7.38. The summed E-state index contributed by atoms with van der Waals surface area (Å²) in [6, 6.07) is 8.56. The summed E-state index contributed by atoms with van der Waals surface area (Å²) in [7, 11) is 1.70. The number of rotatable bonds is 9. The molecule has 0 spiro atoms. The van der Waals surface area contributed by atoms with Crippen molar-refractivity contribution in [3.63, 3.8) is 0 Å². The Kier molecular flexibility index (Phi) is 7.63. The molecular weight excluding hydrogens is 402 g/mol. The van der Waals surface area contributed by atoms with E-state index in [9.17, 15) is 9.59 Å². The van der Waals surface area contributed by atoms with E-state index in [0.29, 0.717) is 38.1 Å². The lowest BCUT2D eigenvalue weighted by Gasteiger charge is -2.45. The predicted octanol–water partition coefficient (Wildman–Crippen LogP) is 3.97. The van der Waals surface area contributed by atoms with E-state index < -0.39 is 0 Å². The third-order valence-electron chi connectivity index (χ3n) is 7.34. The fourth-order valence-corrected chi connectivity index (χ4v) is 5.68. The fraction of sp³-hybridized carbons (Fsp3) is 0.615. The standard InChI is InChI=1S/C26H37N3O3/c1-20(30)23-19-28(25-11-4-3-9-22(23)25)15-12-26(31)29(16-17-32-2)18-21-8-7-14-27-13-6-5-10-24(21)27/h3-4,9,11,19,21,24H,5-8,10,12-18H2,1-2H3/t21-,24+/m0/s1. The highest BCUT2D eigenvalue weighted by molar-refractivity contribution is 6.06. The number of aromatic nitrogens is 1. The molecule has 0 saturated carbocycles. The first-order valence-electron chi connectivity index (χ1n) is 12.2. The molecule has 2 aliphatic rings. The van der Waals surface area contributed by atoms with Crippen molar-refractivity contribution in [1.82, 2.24) is 14.4 Å². The molecule has 6 nitrogen and oxygen atoms in total. The van der Waals surface area contributed by atoms with E-state index in [2.05, 4.69) is 9.47 Å². The van der Waals surface area contributed by atoms with Crippen molar-refractivity contribution >= 4 is 22.6 Å². The molecule has 2 aliphatic heterocycles. The molecule has 32 heavy (non-hydrogen) atoms. The van der Waals surface area contributed by atoms with Crippen LogP contribution in [-0.4, -0.2) is 72.0 Å². The highest BCUT2D eigenvalue weighted by Gasteiger charge is 2.34. The first-order chi connectivity index (χ1) is 15.6. The number of hydrogen-bond donors (Lipinski definition) is 0. The third-order valence-corrected chi connectivity index (χ3v) is 7.34. The molecule has 2 atom stereocenters. The average Bonchev–Trinajstić information content (AvgIpc) is 3.19. The van der Waals surface area contributed by atoms with Crippen molar-refractivity contribution in [3.8, 4) is 0 Å². The van der Waals surface area contributed by atoms with Gasteiger partial charge >= 0.3 is 0 Å². The topological polar surface area (TPSA) is 54.8 Å². The molecule has 0 aliphatic carbocycles. The van der Waals surface area contributed by atoms with Gasteiger partial charge in [-0.3, -0.25) is 9.59 Å². The molecule has 1 aromatic heterocycles. The number of benzene rings is 1. The average molecular weight is 440 g/mol. The second-order valence-corrected chi connectivity index (χ2v) is 9.39. The van der Waals surface area contributed by atoms with Crippen molar-refractivity contribution in [1.29, 1.82) is 0 Å². The van der Waals surface area contributed by atoms with Gasteiger partial charge in [0, 0.05) is 61.9 Å². The number of nitrogens with zero attached hydrogens (tertiary/aromatic N) is 3. The number of Topliss-reactive ketones (excluding diaryl/α,β-unsaturated/α-hetero) is 1. The molecule has 0 bridgehead atoms. The number of carbonyl (C=O) groups excluding carboxylic acids is 2. The first kappa shape index (κ1) is 23.0. The normalized spacial score (nSPS) is 21.4. The third kappa shape index (κ3) is 5.07. The van der Waals surface area contributed by atoms with Gasteiger partial charge < -0.3 is 19.1 Å². The summed E-state index contributed by atoms with van der Waals surface area (Å²) >= 11 is 0. The number of ketones is 1. The van der Waals surface area contributed by atoms with Crippen LogP contribution in [-0.2, 0) is 16.1 Å². The van der Waals surface area contributed by atoms with Gasteiger partial charge in [0.25, 0.3) is 0 Å². The molecule has 6 heteroatoms. The molecule has 2 fully saturated rings. The summed E-state index contributed by atoms with van der Waals surface area (Å²) in [6.45, 7) is 6.64. The predicted molar refractivity (Wildman–Crippen MR) is 127 cm³/mol. The van der Waals surface area contributed by atoms with Crippen molar-refractivity contribution in [2.24, 2.45) is 5.92 Å². The highest BCUT2D eigenvalue weighted by Crippen LogP contribution is 2.31. The minimum absolute atomic E-state index is 0.0577. The Morgan fingerprint density at radius 2 is 1.94 bits per heavy atom. The molecule has 0 radical (unpaired) electrons. The van der Waals surface area contributed by atoms with Crippen LogP contribution in [0.3, 0.4) is 0 Å². The number of piperidine rings is 2. The van der Waals surface area contributed by atoms with E-state index in [-0.39, 0.29) is 11.7 Å². The Labute approximate surface area is 191 Å². The van der Waals surface area contributed by atoms with Crippen LogP contribution in [0, 0.1) is 5.92 Å². The van der Waals surface area contributed by atoms with E-state index >= 15 is 0 Å². The van der Waals surface area contributed by atoms with E-state index in [1.807, 2.05) is 35.4 Å². The van der Waals surface area contributed by atoms with Gasteiger partial charge in [-0.2, -0.15) is 0 Å². The molecule has 3 heterocycles. The largest absolute Gasteiger partial charge is 0.383 e. The number of fused-ring (bicyclic) bond motifs is 2. The number of hydrogen-bond acceptors (Lipinski definition) is 4.